The van der Waals surface area contributed by atoms with E-state index in [4.69, 9.17) is 10.2 Å². The van der Waals surface area contributed by atoms with E-state index < -0.39 is 0 Å². The van der Waals surface area contributed by atoms with E-state index in [9.17, 15) is 0 Å². The van der Waals surface area contributed by atoms with Crippen molar-refractivity contribution in [3.05, 3.63) is 23.7 Å². The fourth-order valence-corrected chi connectivity index (χ4v) is 1.40. The topological polar surface area (TPSA) is 93.1 Å². The number of nitrogen functional groups attached to an aromatic ring is 1. The predicted octanol–water partition coefficient (Wildman–Crippen LogP) is 1.03. The molecule has 0 spiro atoms. The Morgan fingerprint density at radius 3 is 2.67 bits per heavy atom. The predicted molar refractivity (Wildman–Crippen MR) is 69.3 cm³/mol. The van der Waals surface area contributed by atoms with Gasteiger partial charge in [0.05, 0.1) is 12.5 Å². The molecule has 0 aromatic carbocycles. The average Bonchev–Trinajstić information content (AvgIpc) is 2.71. The third-order valence-electron chi connectivity index (χ3n) is 2.44. The summed E-state index contributed by atoms with van der Waals surface area (Å²) in [7, 11) is 3.69. The largest absolute Gasteiger partial charge is 0.472 e. The zero-order chi connectivity index (χ0) is 13.1. The van der Waals surface area contributed by atoms with E-state index in [0.29, 0.717) is 18.4 Å². The molecule has 3 N–H and O–H groups in total. The van der Waals surface area contributed by atoms with Gasteiger partial charge in [-0.2, -0.15) is 15.0 Å². The van der Waals surface area contributed by atoms with Crippen LogP contribution in [0.3, 0.4) is 0 Å². The van der Waals surface area contributed by atoms with Gasteiger partial charge in [-0.15, -0.1) is 0 Å². The van der Waals surface area contributed by atoms with Gasteiger partial charge in [0.25, 0.3) is 0 Å². The smallest absolute Gasteiger partial charge is 0.231 e. The highest BCUT2D eigenvalue weighted by Gasteiger charge is 2.07. The lowest BCUT2D eigenvalue weighted by Crippen LogP contribution is -2.16. The molecule has 2 aromatic rings. The zero-order valence-corrected chi connectivity index (χ0v) is 10.6. The van der Waals surface area contributed by atoms with Gasteiger partial charge in [0.2, 0.25) is 17.8 Å². The van der Waals surface area contributed by atoms with Crippen LogP contribution in [0.2, 0.25) is 0 Å². The average molecular weight is 248 g/mol. The molecule has 0 atom stereocenters. The number of aryl methyl sites for hydroxylation is 1. The standard InChI is InChI=1S/C11H16N6O/c1-7-5-18-6-8(7)4-13-10-14-9(12)15-11(16-10)17(2)3/h5-6H,4H2,1-3H3,(H3,12,13,14,15,16). The minimum Gasteiger partial charge on any atom is -0.472 e. The quantitative estimate of drug-likeness (QED) is 0.834. The Hall–Kier alpha value is -2.31. The number of anilines is 3. The van der Waals surface area contributed by atoms with Gasteiger partial charge >= 0.3 is 0 Å². The fraction of sp³-hybridized carbons (Fsp3) is 0.364. The summed E-state index contributed by atoms with van der Waals surface area (Å²) in [5.41, 5.74) is 7.77. The Bertz CT molecular complexity index is 536. The van der Waals surface area contributed by atoms with Crippen molar-refractivity contribution in [2.24, 2.45) is 0 Å². The second-order valence-electron chi connectivity index (χ2n) is 4.15. The van der Waals surface area contributed by atoms with Crippen LogP contribution in [0.15, 0.2) is 16.9 Å². The first-order valence-corrected chi connectivity index (χ1v) is 5.50. The molecule has 0 aliphatic rings. The normalized spacial score (nSPS) is 10.4. The molecular formula is C11H16N6O. The molecule has 2 heterocycles. The minimum absolute atomic E-state index is 0.195. The van der Waals surface area contributed by atoms with Crippen LogP contribution >= 0.6 is 0 Å². The number of nitrogens with zero attached hydrogens (tertiary/aromatic N) is 4. The van der Waals surface area contributed by atoms with E-state index in [0.717, 1.165) is 11.1 Å². The van der Waals surface area contributed by atoms with Crippen molar-refractivity contribution in [1.82, 2.24) is 15.0 Å². The Balaban J connectivity index is 2.12. The first-order chi connectivity index (χ1) is 8.56. The van der Waals surface area contributed by atoms with Crippen molar-refractivity contribution < 1.29 is 4.42 Å². The van der Waals surface area contributed by atoms with E-state index in [1.54, 1.807) is 17.4 Å². The molecule has 96 valence electrons. The monoisotopic (exact) mass is 248 g/mol. The van der Waals surface area contributed by atoms with Crippen molar-refractivity contribution in [1.29, 1.82) is 0 Å². The van der Waals surface area contributed by atoms with Gasteiger partial charge in [-0.3, -0.25) is 0 Å². The molecule has 2 aromatic heterocycles. The summed E-state index contributed by atoms with van der Waals surface area (Å²) in [5.74, 6) is 1.17. The maximum absolute atomic E-state index is 5.63. The molecule has 0 saturated carbocycles. The number of hydrogen-bond acceptors (Lipinski definition) is 7. The van der Waals surface area contributed by atoms with Gasteiger partial charge in [-0.1, -0.05) is 0 Å². The highest BCUT2D eigenvalue weighted by atomic mass is 16.3. The summed E-state index contributed by atoms with van der Waals surface area (Å²) < 4.78 is 5.09. The first kappa shape index (κ1) is 12.2. The fourth-order valence-electron chi connectivity index (χ4n) is 1.40. The molecule has 0 amide bonds. The molecule has 2 rings (SSSR count). The lowest BCUT2D eigenvalue weighted by atomic mass is 10.2. The first-order valence-electron chi connectivity index (χ1n) is 5.50. The molecular weight excluding hydrogens is 232 g/mol. The van der Waals surface area contributed by atoms with Crippen LogP contribution in [-0.4, -0.2) is 29.0 Å². The SMILES string of the molecule is Cc1cocc1CNc1nc(N)nc(N(C)C)n1. The summed E-state index contributed by atoms with van der Waals surface area (Å²) in [6.07, 6.45) is 3.39. The molecule has 18 heavy (non-hydrogen) atoms. The Labute approximate surface area is 105 Å². The summed E-state index contributed by atoms with van der Waals surface area (Å²) >= 11 is 0. The minimum atomic E-state index is 0.195. The molecule has 7 heteroatoms. The molecule has 0 radical (unpaired) electrons. The third kappa shape index (κ3) is 2.68. The van der Waals surface area contributed by atoms with Crippen LogP contribution in [0.1, 0.15) is 11.1 Å². The van der Waals surface area contributed by atoms with E-state index in [-0.39, 0.29) is 5.95 Å². The maximum atomic E-state index is 5.63. The third-order valence-corrected chi connectivity index (χ3v) is 2.44. The summed E-state index contributed by atoms with van der Waals surface area (Å²) in [6, 6.07) is 0. The van der Waals surface area contributed by atoms with E-state index in [2.05, 4.69) is 20.3 Å². The van der Waals surface area contributed by atoms with Crippen LogP contribution < -0.4 is 16.0 Å². The molecule has 0 unspecified atom stereocenters. The summed E-state index contributed by atoms with van der Waals surface area (Å²) in [5, 5.41) is 3.10. The van der Waals surface area contributed by atoms with Crippen LogP contribution in [0.4, 0.5) is 17.8 Å². The van der Waals surface area contributed by atoms with Crippen molar-refractivity contribution >= 4 is 17.8 Å². The van der Waals surface area contributed by atoms with Crippen molar-refractivity contribution in [3.8, 4) is 0 Å². The van der Waals surface area contributed by atoms with Gasteiger partial charge in [-0.25, -0.2) is 0 Å². The lowest BCUT2D eigenvalue weighted by Gasteiger charge is -2.11. The number of hydrogen-bond donors (Lipinski definition) is 2. The van der Waals surface area contributed by atoms with E-state index in [1.165, 1.54) is 0 Å². The lowest BCUT2D eigenvalue weighted by molar-refractivity contribution is 0.563. The molecule has 0 saturated heterocycles. The Morgan fingerprint density at radius 1 is 1.28 bits per heavy atom. The molecule has 7 nitrogen and oxygen atoms in total. The number of furan rings is 1. The van der Waals surface area contributed by atoms with Gasteiger partial charge in [0, 0.05) is 26.2 Å². The van der Waals surface area contributed by atoms with Gasteiger partial charge in [0.15, 0.2) is 0 Å². The summed E-state index contributed by atoms with van der Waals surface area (Å²) in [4.78, 5) is 14.1. The number of aromatic nitrogens is 3. The van der Waals surface area contributed by atoms with Crippen LogP contribution in [-0.2, 0) is 6.54 Å². The second kappa shape index (κ2) is 4.91. The number of rotatable bonds is 4. The summed E-state index contributed by atoms with van der Waals surface area (Å²) in [6.45, 7) is 2.56. The zero-order valence-electron chi connectivity index (χ0n) is 10.6. The Morgan fingerprint density at radius 2 is 2.06 bits per heavy atom. The van der Waals surface area contributed by atoms with Crippen molar-refractivity contribution in [2.75, 3.05) is 30.0 Å². The highest BCUT2D eigenvalue weighted by molar-refractivity contribution is 5.41. The van der Waals surface area contributed by atoms with E-state index >= 15 is 0 Å². The molecule has 0 aliphatic heterocycles. The van der Waals surface area contributed by atoms with Crippen LogP contribution in [0.25, 0.3) is 0 Å². The maximum Gasteiger partial charge on any atom is 0.231 e. The van der Waals surface area contributed by atoms with E-state index in [1.807, 2.05) is 21.0 Å². The van der Waals surface area contributed by atoms with Crippen LogP contribution in [0.5, 0.6) is 0 Å². The molecule has 0 fully saturated rings. The second-order valence-corrected chi connectivity index (χ2v) is 4.15. The van der Waals surface area contributed by atoms with Gasteiger partial charge in [-0.05, 0) is 12.5 Å². The van der Waals surface area contributed by atoms with Gasteiger partial charge < -0.3 is 20.4 Å². The number of nitrogens with two attached hydrogens (primary N) is 1. The van der Waals surface area contributed by atoms with Crippen molar-refractivity contribution in [2.45, 2.75) is 13.5 Å². The van der Waals surface area contributed by atoms with Crippen molar-refractivity contribution in [3.63, 3.8) is 0 Å². The molecule has 0 bridgehead atoms. The molecule has 0 aliphatic carbocycles. The Kier molecular flexibility index (Phi) is 3.31. The highest BCUT2D eigenvalue weighted by Crippen LogP contribution is 2.13. The number of nitrogens with one attached hydrogen (secondary N) is 1. The van der Waals surface area contributed by atoms with Gasteiger partial charge in [0.1, 0.15) is 0 Å². The van der Waals surface area contributed by atoms with Crippen LogP contribution in [0, 0.1) is 6.92 Å².